The minimum atomic E-state index is -0.743. The maximum Gasteiger partial charge on any atom is 0.330 e. The Morgan fingerprint density at radius 1 is 1.43 bits per heavy atom. The molecule has 0 radical (unpaired) electrons. The van der Waals surface area contributed by atoms with Gasteiger partial charge >= 0.3 is 5.97 Å². The van der Waals surface area contributed by atoms with Crippen LogP contribution in [0.3, 0.4) is 0 Å². The van der Waals surface area contributed by atoms with Crippen LogP contribution in [0.25, 0.3) is 0 Å². The lowest BCUT2D eigenvalue weighted by molar-refractivity contribution is -0.149. The number of aromatic hydroxyl groups is 2. The molecule has 1 unspecified atom stereocenters. The molecule has 3 N–H and O–H groups in total. The van der Waals surface area contributed by atoms with Gasteiger partial charge in [-0.15, -0.1) is 0 Å². The van der Waals surface area contributed by atoms with E-state index in [-0.39, 0.29) is 23.7 Å². The van der Waals surface area contributed by atoms with Gasteiger partial charge in [0, 0.05) is 19.6 Å². The SMILES string of the molecule is CCOC(=O)C1CNCCN1C(=O)c1cc(O)ccc1O. The van der Waals surface area contributed by atoms with Crippen LogP contribution in [-0.2, 0) is 9.53 Å². The molecule has 1 saturated heterocycles. The Labute approximate surface area is 122 Å². The molecule has 0 spiro atoms. The number of rotatable bonds is 3. The number of phenols is 2. The topological polar surface area (TPSA) is 99.1 Å². The van der Waals surface area contributed by atoms with Crippen LogP contribution in [0.5, 0.6) is 11.5 Å². The summed E-state index contributed by atoms with van der Waals surface area (Å²) < 4.78 is 4.97. The van der Waals surface area contributed by atoms with E-state index in [0.717, 1.165) is 0 Å². The summed E-state index contributed by atoms with van der Waals surface area (Å²) >= 11 is 0. The predicted octanol–water partition coefficient (Wildman–Crippen LogP) is 0.0749. The van der Waals surface area contributed by atoms with Crippen LogP contribution in [0.15, 0.2) is 18.2 Å². The van der Waals surface area contributed by atoms with Crippen molar-refractivity contribution in [3.8, 4) is 11.5 Å². The Morgan fingerprint density at radius 3 is 2.90 bits per heavy atom. The molecule has 7 heteroatoms. The van der Waals surface area contributed by atoms with E-state index in [2.05, 4.69) is 5.32 Å². The standard InChI is InChI=1S/C14H18N2O5/c1-2-21-14(20)11-8-15-5-6-16(11)13(19)10-7-9(17)3-4-12(10)18/h3-4,7,11,15,17-18H,2,5-6,8H2,1H3. The van der Waals surface area contributed by atoms with Gasteiger partial charge in [0.1, 0.15) is 17.5 Å². The number of nitrogens with one attached hydrogen (secondary N) is 1. The van der Waals surface area contributed by atoms with Crippen molar-refractivity contribution in [3.05, 3.63) is 23.8 Å². The first-order valence-electron chi connectivity index (χ1n) is 6.75. The molecule has 1 heterocycles. The van der Waals surface area contributed by atoms with Crippen molar-refractivity contribution in [1.29, 1.82) is 0 Å². The fourth-order valence-electron chi connectivity index (χ4n) is 2.25. The molecular formula is C14H18N2O5. The van der Waals surface area contributed by atoms with Gasteiger partial charge in [0.25, 0.3) is 5.91 Å². The molecule has 0 aromatic heterocycles. The summed E-state index contributed by atoms with van der Waals surface area (Å²) in [4.78, 5) is 25.8. The molecule has 0 saturated carbocycles. The van der Waals surface area contributed by atoms with Crippen molar-refractivity contribution in [1.82, 2.24) is 10.2 Å². The van der Waals surface area contributed by atoms with E-state index < -0.39 is 17.9 Å². The first-order chi connectivity index (χ1) is 10.0. The Balaban J connectivity index is 2.26. The zero-order valence-electron chi connectivity index (χ0n) is 11.7. The highest BCUT2D eigenvalue weighted by atomic mass is 16.5. The second kappa shape index (κ2) is 6.45. The molecule has 1 aliphatic rings. The van der Waals surface area contributed by atoms with Crippen LogP contribution in [0.4, 0.5) is 0 Å². The number of ether oxygens (including phenoxy) is 1. The normalized spacial score (nSPS) is 18.3. The number of hydrogen-bond acceptors (Lipinski definition) is 6. The first-order valence-corrected chi connectivity index (χ1v) is 6.75. The monoisotopic (exact) mass is 294 g/mol. The quantitative estimate of drug-likeness (QED) is 0.539. The number of carbonyl (C=O) groups excluding carboxylic acids is 2. The summed E-state index contributed by atoms with van der Waals surface area (Å²) in [6.07, 6.45) is 0. The van der Waals surface area contributed by atoms with Crippen LogP contribution < -0.4 is 5.32 Å². The first kappa shape index (κ1) is 15.1. The van der Waals surface area contributed by atoms with E-state index >= 15 is 0 Å². The van der Waals surface area contributed by atoms with Crippen LogP contribution in [0.2, 0.25) is 0 Å². The van der Waals surface area contributed by atoms with Gasteiger partial charge in [-0.25, -0.2) is 4.79 Å². The molecule has 0 aliphatic carbocycles. The lowest BCUT2D eigenvalue weighted by Gasteiger charge is -2.34. The summed E-state index contributed by atoms with van der Waals surface area (Å²) in [6.45, 7) is 3.08. The molecule has 1 aliphatic heterocycles. The molecule has 7 nitrogen and oxygen atoms in total. The van der Waals surface area contributed by atoms with Crippen molar-refractivity contribution in [3.63, 3.8) is 0 Å². The maximum atomic E-state index is 12.5. The van der Waals surface area contributed by atoms with Gasteiger partial charge in [-0.05, 0) is 25.1 Å². The Morgan fingerprint density at radius 2 is 2.19 bits per heavy atom. The third-order valence-electron chi connectivity index (χ3n) is 3.27. The molecule has 2 rings (SSSR count). The van der Waals surface area contributed by atoms with Crippen molar-refractivity contribution in [2.75, 3.05) is 26.2 Å². The highest BCUT2D eigenvalue weighted by Gasteiger charge is 2.34. The second-order valence-corrected chi connectivity index (χ2v) is 4.67. The average Bonchev–Trinajstić information content (AvgIpc) is 2.49. The van der Waals surface area contributed by atoms with Crippen LogP contribution in [-0.4, -0.2) is 59.3 Å². The van der Waals surface area contributed by atoms with Crippen molar-refractivity contribution in [2.24, 2.45) is 0 Å². The number of benzene rings is 1. The van der Waals surface area contributed by atoms with E-state index in [1.165, 1.54) is 23.1 Å². The molecule has 21 heavy (non-hydrogen) atoms. The van der Waals surface area contributed by atoms with E-state index in [4.69, 9.17) is 4.74 Å². The zero-order valence-corrected chi connectivity index (χ0v) is 11.7. The Hall–Kier alpha value is -2.28. The molecule has 1 aromatic carbocycles. The second-order valence-electron chi connectivity index (χ2n) is 4.67. The molecule has 0 bridgehead atoms. The summed E-state index contributed by atoms with van der Waals surface area (Å²) in [7, 11) is 0. The lowest BCUT2D eigenvalue weighted by Crippen LogP contribution is -2.57. The summed E-state index contributed by atoms with van der Waals surface area (Å²) in [6, 6.07) is 2.96. The van der Waals surface area contributed by atoms with Crippen molar-refractivity contribution < 1.29 is 24.5 Å². The number of esters is 1. The highest BCUT2D eigenvalue weighted by Crippen LogP contribution is 2.24. The van der Waals surface area contributed by atoms with Gasteiger partial charge in [-0.2, -0.15) is 0 Å². The van der Waals surface area contributed by atoms with Gasteiger partial charge < -0.3 is 25.2 Å². The molecule has 1 fully saturated rings. The Bertz CT molecular complexity index is 546. The number of phenolic OH excluding ortho intramolecular Hbond substituents is 2. The number of amides is 1. The van der Waals surface area contributed by atoms with Gasteiger partial charge in [-0.3, -0.25) is 4.79 Å². The molecule has 114 valence electrons. The number of piperazine rings is 1. The minimum Gasteiger partial charge on any atom is -0.508 e. The van der Waals surface area contributed by atoms with E-state index in [1.807, 2.05) is 0 Å². The van der Waals surface area contributed by atoms with Crippen LogP contribution in [0, 0.1) is 0 Å². The van der Waals surface area contributed by atoms with Crippen molar-refractivity contribution >= 4 is 11.9 Å². The summed E-state index contributed by atoms with van der Waals surface area (Å²) in [5.41, 5.74) is -0.0359. The third kappa shape index (κ3) is 3.25. The summed E-state index contributed by atoms with van der Waals surface area (Å²) in [5, 5.41) is 22.3. The van der Waals surface area contributed by atoms with Gasteiger partial charge in [0.15, 0.2) is 0 Å². The molecular weight excluding hydrogens is 276 g/mol. The lowest BCUT2D eigenvalue weighted by atomic mass is 10.1. The maximum absolute atomic E-state index is 12.5. The summed E-state index contributed by atoms with van der Waals surface area (Å²) in [5.74, 6) is -1.36. The fourth-order valence-corrected chi connectivity index (χ4v) is 2.25. The fraction of sp³-hybridized carbons (Fsp3) is 0.429. The Kier molecular flexibility index (Phi) is 4.64. The van der Waals surface area contributed by atoms with Gasteiger partial charge in [-0.1, -0.05) is 0 Å². The smallest absolute Gasteiger partial charge is 0.330 e. The number of hydrogen-bond donors (Lipinski definition) is 3. The van der Waals surface area contributed by atoms with Crippen molar-refractivity contribution in [2.45, 2.75) is 13.0 Å². The van der Waals surface area contributed by atoms with Crippen LogP contribution >= 0.6 is 0 Å². The van der Waals surface area contributed by atoms with E-state index in [1.54, 1.807) is 6.92 Å². The number of nitrogens with zero attached hydrogens (tertiary/aromatic N) is 1. The molecule has 1 amide bonds. The van der Waals surface area contributed by atoms with E-state index in [9.17, 15) is 19.8 Å². The highest BCUT2D eigenvalue weighted by molar-refractivity contribution is 5.99. The largest absolute Gasteiger partial charge is 0.508 e. The van der Waals surface area contributed by atoms with Gasteiger partial charge in [0.05, 0.1) is 12.2 Å². The van der Waals surface area contributed by atoms with Crippen LogP contribution in [0.1, 0.15) is 17.3 Å². The van der Waals surface area contributed by atoms with Gasteiger partial charge in [0.2, 0.25) is 0 Å². The minimum absolute atomic E-state index is 0.0359. The third-order valence-corrected chi connectivity index (χ3v) is 3.27. The molecule has 1 aromatic rings. The average molecular weight is 294 g/mol. The number of carbonyl (C=O) groups is 2. The molecule has 1 atom stereocenters. The van der Waals surface area contributed by atoms with E-state index in [0.29, 0.717) is 19.6 Å². The zero-order chi connectivity index (χ0) is 15.4. The predicted molar refractivity (Wildman–Crippen MR) is 74.1 cm³/mol.